The van der Waals surface area contributed by atoms with E-state index in [1.54, 1.807) is 10.8 Å². The van der Waals surface area contributed by atoms with Crippen LogP contribution in [0.5, 0.6) is 0 Å². The Labute approximate surface area is 117 Å². The summed E-state index contributed by atoms with van der Waals surface area (Å²) in [5, 5.41) is 7.69. The number of nitrogens with zero attached hydrogens (tertiary/aromatic N) is 3. The first-order valence-electron chi connectivity index (χ1n) is 6.56. The van der Waals surface area contributed by atoms with Gasteiger partial charge < -0.3 is 11.1 Å². The van der Waals surface area contributed by atoms with Gasteiger partial charge in [0.2, 0.25) is 0 Å². The summed E-state index contributed by atoms with van der Waals surface area (Å²) in [6.07, 6.45) is 1.56. The fraction of sp³-hybridized carbons (Fsp3) is 0.200. The van der Waals surface area contributed by atoms with Crippen LogP contribution in [0.15, 0.2) is 42.7 Å². The first-order valence-corrected chi connectivity index (χ1v) is 6.56. The highest BCUT2D eigenvalue weighted by molar-refractivity contribution is 5.55. The summed E-state index contributed by atoms with van der Waals surface area (Å²) in [5.74, 6) is 0.910. The van der Waals surface area contributed by atoms with Crippen molar-refractivity contribution in [2.24, 2.45) is 0 Å². The molecule has 0 saturated heterocycles. The second kappa shape index (κ2) is 4.85. The minimum Gasteiger partial charge on any atom is -0.398 e. The molecule has 1 aromatic carbocycles. The first kappa shape index (κ1) is 12.5. The maximum Gasteiger partial charge on any atom is 0.157 e. The molecule has 0 fully saturated rings. The van der Waals surface area contributed by atoms with Gasteiger partial charge in [-0.3, -0.25) is 0 Å². The Morgan fingerprint density at radius 3 is 2.85 bits per heavy atom. The van der Waals surface area contributed by atoms with E-state index in [0.717, 1.165) is 28.3 Å². The number of pyridine rings is 1. The van der Waals surface area contributed by atoms with Crippen LogP contribution in [0, 0.1) is 6.92 Å². The van der Waals surface area contributed by atoms with E-state index in [9.17, 15) is 0 Å². The van der Waals surface area contributed by atoms with Crippen molar-refractivity contribution in [3.05, 3.63) is 53.9 Å². The number of nitrogen functional groups attached to an aromatic ring is 1. The third kappa shape index (κ3) is 2.18. The van der Waals surface area contributed by atoms with Crippen molar-refractivity contribution in [2.75, 3.05) is 11.1 Å². The van der Waals surface area contributed by atoms with E-state index >= 15 is 0 Å². The molecule has 0 spiro atoms. The predicted molar refractivity (Wildman–Crippen MR) is 80.6 cm³/mol. The van der Waals surface area contributed by atoms with Crippen LogP contribution >= 0.6 is 0 Å². The lowest BCUT2D eigenvalue weighted by Crippen LogP contribution is -2.12. The van der Waals surface area contributed by atoms with Gasteiger partial charge in [0, 0.05) is 5.69 Å². The highest BCUT2D eigenvalue weighted by Gasteiger charge is 2.11. The summed E-state index contributed by atoms with van der Waals surface area (Å²) in [6.45, 7) is 4.12. The van der Waals surface area contributed by atoms with Crippen molar-refractivity contribution >= 4 is 17.2 Å². The van der Waals surface area contributed by atoms with Gasteiger partial charge in [-0.05, 0) is 43.2 Å². The van der Waals surface area contributed by atoms with Crippen molar-refractivity contribution < 1.29 is 0 Å². The Hall–Kier alpha value is -2.56. The minimum atomic E-state index is 0.0883. The highest BCUT2D eigenvalue weighted by Crippen LogP contribution is 2.24. The Morgan fingerprint density at radius 1 is 1.25 bits per heavy atom. The van der Waals surface area contributed by atoms with E-state index in [1.165, 1.54) is 0 Å². The maximum absolute atomic E-state index is 6.02. The van der Waals surface area contributed by atoms with E-state index in [0.29, 0.717) is 0 Å². The average molecular weight is 267 g/mol. The van der Waals surface area contributed by atoms with Crippen LogP contribution in [0.4, 0.5) is 11.5 Å². The molecule has 0 bridgehead atoms. The third-order valence-corrected chi connectivity index (χ3v) is 3.35. The number of hydrogen-bond donors (Lipinski definition) is 2. The van der Waals surface area contributed by atoms with Crippen molar-refractivity contribution in [1.82, 2.24) is 14.6 Å². The zero-order valence-electron chi connectivity index (χ0n) is 11.5. The van der Waals surface area contributed by atoms with Crippen LogP contribution in [-0.2, 0) is 0 Å². The Morgan fingerprint density at radius 2 is 2.05 bits per heavy atom. The molecule has 5 heteroatoms. The zero-order chi connectivity index (χ0) is 14.1. The molecule has 0 aliphatic carbocycles. The second-order valence-electron chi connectivity index (χ2n) is 4.94. The summed E-state index contributed by atoms with van der Waals surface area (Å²) < 4.78 is 1.79. The number of aryl methyl sites for hydroxylation is 1. The highest BCUT2D eigenvalue weighted by atomic mass is 15.3. The van der Waals surface area contributed by atoms with Gasteiger partial charge in [0.1, 0.15) is 12.1 Å². The largest absolute Gasteiger partial charge is 0.398 e. The number of rotatable bonds is 3. The normalized spacial score (nSPS) is 12.5. The molecule has 0 radical (unpaired) electrons. The lowest BCUT2D eigenvalue weighted by molar-refractivity contribution is 0.847. The zero-order valence-corrected chi connectivity index (χ0v) is 11.5. The molecule has 3 N–H and O–H groups in total. The number of aromatic nitrogens is 3. The number of fused-ring (bicyclic) bond motifs is 1. The van der Waals surface area contributed by atoms with E-state index in [1.807, 2.05) is 37.3 Å². The number of benzene rings is 1. The number of hydrogen-bond acceptors (Lipinski definition) is 4. The van der Waals surface area contributed by atoms with Crippen molar-refractivity contribution in [2.45, 2.75) is 19.9 Å². The first-order chi connectivity index (χ1) is 9.65. The van der Waals surface area contributed by atoms with Crippen LogP contribution in [0.25, 0.3) is 5.65 Å². The molecular formula is C15H17N5. The fourth-order valence-electron chi connectivity index (χ4n) is 2.36. The molecule has 2 heterocycles. The van der Waals surface area contributed by atoms with Crippen LogP contribution in [-0.4, -0.2) is 14.6 Å². The summed E-state index contributed by atoms with van der Waals surface area (Å²) in [7, 11) is 0. The van der Waals surface area contributed by atoms with Crippen LogP contribution < -0.4 is 11.1 Å². The Bertz CT molecular complexity index is 747. The van der Waals surface area contributed by atoms with Crippen molar-refractivity contribution in [3.63, 3.8) is 0 Å². The van der Waals surface area contributed by atoms with Gasteiger partial charge in [-0.25, -0.2) is 4.98 Å². The molecule has 3 aromatic rings. The lowest BCUT2D eigenvalue weighted by Gasteiger charge is -2.18. The minimum absolute atomic E-state index is 0.0883. The number of nitrogens with two attached hydrogens (primary N) is 1. The van der Waals surface area contributed by atoms with Gasteiger partial charge in [0.15, 0.2) is 5.65 Å². The average Bonchev–Trinajstić information content (AvgIpc) is 2.87. The van der Waals surface area contributed by atoms with E-state index < -0.39 is 0 Å². The molecule has 0 aliphatic heterocycles. The van der Waals surface area contributed by atoms with Crippen LogP contribution in [0.1, 0.15) is 24.1 Å². The molecule has 5 nitrogen and oxygen atoms in total. The number of nitrogens with one attached hydrogen (secondary N) is 1. The standard InChI is InChI=1S/C15H17N5/c1-10-7-14-17-9-18-20(14)15(8-10)19-11(2)12-5-3-4-6-13(12)16/h3-9,11,19H,16H2,1-2H3. The monoisotopic (exact) mass is 267 g/mol. The third-order valence-electron chi connectivity index (χ3n) is 3.35. The Kier molecular flexibility index (Phi) is 3.02. The van der Waals surface area contributed by atoms with Gasteiger partial charge in [-0.15, -0.1) is 0 Å². The molecule has 1 unspecified atom stereocenters. The van der Waals surface area contributed by atoms with Crippen molar-refractivity contribution in [1.29, 1.82) is 0 Å². The molecule has 2 aromatic heterocycles. The van der Waals surface area contributed by atoms with E-state index in [-0.39, 0.29) is 6.04 Å². The topological polar surface area (TPSA) is 68.2 Å². The molecule has 0 aliphatic rings. The summed E-state index contributed by atoms with van der Waals surface area (Å²) in [6, 6.07) is 12.0. The SMILES string of the molecule is Cc1cc(NC(C)c2ccccc2N)n2ncnc2c1. The van der Waals surface area contributed by atoms with Gasteiger partial charge in [0.25, 0.3) is 0 Å². The van der Waals surface area contributed by atoms with Crippen molar-refractivity contribution in [3.8, 4) is 0 Å². The van der Waals surface area contributed by atoms with Crippen LogP contribution in [0.3, 0.4) is 0 Å². The molecule has 0 amide bonds. The molecule has 20 heavy (non-hydrogen) atoms. The summed E-state index contributed by atoms with van der Waals surface area (Å²) in [5.41, 5.74) is 9.86. The van der Waals surface area contributed by atoms with Gasteiger partial charge >= 0.3 is 0 Å². The Balaban J connectivity index is 1.97. The van der Waals surface area contributed by atoms with Crippen LogP contribution in [0.2, 0.25) is 0 Å². The molecule has 1 atom stereocenters. The fourth-order valence-corrected chi connectivity index (χ4v) is 2.36. The molecule has 3 rings (SSSR count). The molecule has 102 valence electrons. The van der Waals surface area contributed by atoms with Gasteiger partial charge in [0.05, 0.1) is 6.04 Å². The quantitative estimate of drug-likeness (QED) is 0.716. The van der Waals surface area contributed by atoms with Gasteiger partial charge in [-0.1, -0.05) is 18.2 Å². The predicted octanol–water partition coefficient (Wildman–Crippen LogP) is 2.79. The molecular weight excluding hydrogens is 250 g/mol. The maximum atomic E-state index is 6.02. The number of para-hydroxylation sites is 1. The molecule has 0 saturated carbocycles. The summed E-state index contributed by atoms with van der Waals surface area (Å²) in [4.78, 5) is 4.22. The van der Waals surface area contributed by atoms with E-state index in [4.69, 9.17) is 5.73 Å². The summed E-state index contributed by atoms with van der Waals surface area (Å²) >= 11 is 0. The second-order valence-corrected chi connectivity index (χ2v) is 4.94. The smallest absolute Gasteiger partial charge is 0.157 e. The van der Waals surface area contributed by atoms with E-state index in [2.05, 4.69) is 28.4 Å². The number of anilines is 2. The lowest BCUT2D eigenvalue weighted by atomic mass is 10.1. The van der Waals surface area contributed by atoms with Gasteiger partial charge in [-0.2, -0.15) is 9.61 Å².